The number of pyridine rings is 1. The van der Waals surface area contributed by atoms with E-state index in [1.54, 1.807) is 4.52 Å². The van der Waals surface area contributed by atoms with Gasteiger partial charge in [-0.2, -0.15) is 18.2 Å². The van der Waals surface area contributed by atoms with Crippen LogP contribution in [0.5, 0.6) is 0 Å². The van der Waals surface area contributed by atoms with Gasteiger partial charge in [0.15, 0.2) is 5.65 Å². The van der Waals surface area contributed by atoms with Crippen molar-refractivity contribution in [1.82, 2.24) is 14.6 Å². The predicted octanol–water partition coefficient (Wildman–Crippen LogP) is 3.75. The van der Waals surface area contributed by atoms with Gasteiger partial charge in [0.1, 0.15) is 0 Å². The molecule has 0 saturated heterocycles. The number of hydrogen-bond donors (Lipinski definition) is 1. The number of nitrogens with two attached hydrogens (primary N) is 1. The Morgan fingerprint density at radius 1 is 1.04 bits per heavy atom. The number of benzene rings is 1. The summed E-state index contributed by atoms with van der Waals surface area (Å²) in [4.78, 5) is 5.96. The van der Waals surface area contributed by atoms with Crippen LogP contribution in [0.4, 0.5) is 24.8 Å². The molecule has 0 amide bonds. The summed E-state index contributed by atoms with van der Waals surface area (Å²) < 4.78 is 39.7. The van der Waals surface area contributed by atoms with Crippen molar-refractivity contribution in [2.24, 2.45) is 0 Å². The topological polar surface area (TPSA) is 59.5 Å². The van der Waals surface area contributed by atoms with Crippen molar-refractivity contribution in [3.63, 3.8) is 0 Å². The quantitative estimate of drug-likeness (QED) is 0.759. The van der Waals surface area contributed by atoms with Gasteiger partial charge >= 0.3 is 6.18 Å². The molecule has 132 valence electrons. The normalized spacial score (nSPS) is 14.7. The molecule has 0 fully saturated rings. The molecule has 26 heavy (non-hydrogen) atoms. The highest BCUT2D eigenvalue weighted by molar-refractivity contribution is 5.78. The van der Waals surface area contributed by atoms with Gasteiger partial charge in [-0.1, -0.05) is 12.2 Å². The molecule has 2 aromatic heterocycles. The van der Waals surface area contributed by atoms with E-state index in [4.69, 9.17) is 5.73 Å². The van der Waals surface area contributed by atoms with E-state index in [-0.39, 0.29) is 5.95 Å². The molecule has 3 heterocycles. The van der Waals surface area contributed by atoms with Crippen LogP contribution < -0.4 is 10.6 Å². The number of alkyl halides is 3. The van der Waals surface area contributed by atoms with Crippen molar-refractivity contribution in [2.45, 2.75) is 6.18 Å². The Hall–Kier alpha value is -3.29. The Morgan fingerprint density at radius 3 is 2.54 bits per heavy atom. The highest BCUT2D eigenvalue weighted by Crippen LogP contribution is 2.31. The number of rotatable bonds is 2. The molecule has 3 aromatic rings. The van der Waals surface area contributed by atoms with Crippen LogP contribution in [0.2, 0.25) is 0 Å². The smallest absolute Gasteiger partial charge is 0.366 e. The fraction of sp³-hybridized carbons (Fsp3) is 0.111. The molecule has 2 N–H and O–H groups in total. The Bertz CT molecular complexity index is 1020. The second-order valence-electron chi connectivity index (χ2n) is 5.87. The molecule has 8 heteroatoms. The van der Waals surface area contributed by atoms with Gasteiger partial charge in [0.2, 0.25) is 5.95 Å². The van der Waals surface area contributed by atoms with Crippen molar-refractivity contribution in [2.75, 3.05) is 17.2 Å². The minimum absolute atomic E-state index is 0.196. The number of nitrogens with zero attached hydrogens (tertiary/aromatic N) is 4. The molecule has 0 radical (unpaired) electrons. The van der Waals surface area contributed by atoms with Gasteiger partial charge in [0.05, 0.1) is 5.56 Å². The molecule has 0 bridgehead atoms. The standard InChI is InChI=1S/C18H14F3N5/c19-18(20,21)14-4-6-15(7-5-14)25-9-1-2-12(10-25)13-3-8-16-23-17(22)24-26(16)11-13/h1-8,10-11H,9H2,(H2,22,24). The molecule has 4 rings (SSSR count). The maximum atomic E-state index is 12.7. The third kappa shape index (κ3) is 3.01. The maximum Gasteiger partial charge on any atom is 0.416 e. The van der Waals surface area contributed by atoms with E-state index < -0.39 is 11.7 Å². The van der Waals surface area contributed by atoms with Gasteiger partial charge < -0.3 is 10.6 Å². The van der Waals surface area contributed by atoms with Crippen LogP contribution >= 0.6 is 0 Å². The highest BCUT2D eigenvalue weighted by Gasteiger charge is 2.30. The Balaban J connectivity index is 1.65. The SMILES string of the molecule is Nc1nc2ccc(C3=CN(c4ccc(C(F)(F)F)cc4)CC=C3)cn2n1. The zero-order chi connectivity index (χ0) is 18.3. The van der Waals surface area contributed by atoms with E-state index in [9.17, 15) is 13.2 Å². The van der Waals surface area contributed by atoms with Crippen LogP contribution in [-0.2, 0) is 6.18 Å². The first-order valence-electron chi connectivity index (χ1n) is 7.85. The Labute approximate surface area is 146 Å². The average Bonchev–Trinajstić information content (AvgIpc) is 3.00. The summed E-state index contributed by atoms with van der Waals surface area (Å²) in [7, 11) is 0. The van der Waals surface area contributed by atoms with Crippen molar-refractivity contribution in [3.8, 4) is 0 Å². The van der Waals surface area contributed by atoms with Crippen molar-refractivity contribution >= 4 is 22.9 Å². The molecule has 0 unspecified atom stereocenters. The van der Waals surface area contributed by atoms with E-state index >= 15 is 0 Å². The maximum absolute atomic E-state index is 12.7. The monoisotopic (exact) mass is 357 g/mol. The first-order valence-corrected chi connectivity index (χ1v) is 7.85. The summed E-state index contributed by atoms with van der Waals surface area (Å²) in [5.41, 5.74) is 8.08. The number of nitrogen functional groups attached to an aromatic ring is 1. The van der Waals surface area contributed by atoms with Gasteiger partial charge in [0.25, 0.3) is 0 Å². The number of anilines is 2. The molecular formula is C18H14F3N5. The van der Waals surface area contributed by atoms with E-state index in [1.165, 1.54) is 12.1 Å². The fourth-order valence-corrected chi connectivity index (χ4v) is 2.82. The minimum Gasteiger partial charge on any atom is -0.366 e. The number of fused-ring (bicyclic) bond motifs is 1. The average molecular weight is 357 g/mol. The molecule has 1 aliphatic rings. The highest BCUT2D eigenvalue weighted by atomic mass is 19.4. The Morgan fingerprint density at radius 2 is 1.81 bits per heavy atom. The van der Waals surface area contributed by atoms with Gasteiger partial charge in [0, 0.05) is 30.2 Å². The van der Waals surface area contributed by atoms with Gasteiger partial charge in [-0.15, -0.1) is 5.10 Å². The lowest BCUT2D eigenvalue weighted by molar-refractivity contribution is -0.137. The lowest BCUT2D eigenvalue weighted by Crippen LogP contribution is -2.19. The molecule has 1 aromatic carbocycles. The van der Waals surface area contributed by atoms with Gasteiger partial charge in [-0.05, 0) is 42.0 Å². The molecule has 0 atom stereocenters. The lowest BCUT2D eigenvalue weighted by Gasteiger charge is -2.24. The molecule has 5 nitrogen and oxygen atoms in total. The van der Waals surface area contributed by atoms with Crippen molar-refractivity contribution in [3.05, 3.63) is 72.1 Å². The van der Waals surface area contributed by atoms with Crippen molar-refractivity contribution in [1.29, 1.82) is 0 Å². The third-order valence-electron chi connectivity index (χ3n) is 4.10. The van der Waals surface area contributed by atoms with E-state index in [0.717, 1.165) is 23.3 Å². The largest absolute Gasteiger partial charge is 0.416 e. The minimum atomic E-state index is -4.34. The third-order valence-corrected chi connectivity index (χ3v) is 4.10. The zero-order valence-electron chi connectivity index (χ0n) is 13.5. The van der Waals surface area contributed by atoms with E-state index in [1.807, 2.05) is 41.6 Å². The second-order valence-corrected chi connectivity index (χ2v) is 5.87. The summed E-state index contributed by atoms with van der Waals surface area (Å²) in [5, 5.41) is 4.09. The van der Waals surface area contributed by atoms with Crippen LogP contribution in [0.15, 0.2) is 60.9 Å². The fourth-order valence-electron chi connectivity index (χ4n) is 2.82. The molecule has 0 spiro atoms. The molecule has 0 saturated carbocycles. The van der Waals surface area contributed by atoms with Gasteiger partial charge in [-0.25, -0.2) is 4.52 Å². The molecular weight excluding hydrogens is 343 g/mol. The molecule has 1 aliphatic heterocycles. The van der Waals surface area contributed by atoms with Crippen molar-refractivity contribution < 1.29 is 13.2 Å². The summed E-state index contributed by atoms with van der Waals surface area (Å²) >= 11 is 0. The van der Waals surface area contributed by atoms with E-state index in [0.29, 0.717) is 17.9 Å². The number of aromatic nitrogens is 3. The number of allylic oxidation sites excluding steroid dienone is 2. The zero-order valence-corrected chi connectivity index (χ0v) is 13.5. The van der Waals surface area contributed by atoms with Crippen LogP contribution in [0.3, 0.4) is 0 Å². The summed E-state index contributed by atoms with van der Waals surface area (Å²) in [6.45, 7) is 0.577. The number of hydrogen-bond acceptors (Lipinski definition) is 4. The Kier molecular flexibility index (Phi) is 3.68. The lowest BCUT2D eigenvalue weighted by atomic mass is 10.1. The first kappa shape index (κ1) is 16.2. The number of halogens is 3. The summed E-state index contributed by atoms with van der Waals surface area (Å²) in [6, 6.07) is 8.83. The summed E-state index contributed by atoms with van der Waals surface area (Å²) in [6.07, 6.45) is 3.28. The molecule has 0 aliphatic carbocycles. The first-order chi connectivity index (χ1) is 12.4. The summed E-state index contributed by atoms with van der Waals surface area (Å²) in [5.74, 6) is 0.196. The van der Waals surface area contributed by atoms with Crippen LogP contribution in [0.1, 0.15) is 11.1 Å². The van der Waals surface area contributed by atoms with Crippen LogP contribution in [0, 0.1) is 0 Å². The second kappa shape index (κ2) is 5.91. The van der Waals surface area contributed by atoms with Gasteiger partial charge in [-0.3, -0.25) is 0 Å². The predicted molar refractivity (Wildman–Crippen MR) is 93.3 cm³/mol. The van der Waals surface area contributed by atoms with Crippen LogP contribution in [0.25, 0.3) is 11.2 Å². The van der Waals surface area contributed by atoms with Crippen LogP contribution in [-0.4, -0.2) is 21.1 Å². The van der Waals surface area contributed by atoms with E-state index in [2.05, 4.69) is 10.1 Å².